The van der Waals surface area contributed by atoms with Gasteiger partial charge < -0.3 is 23.7 Å². The van der Waals surface area contributed by atoms with E-state index in [0.29, 0.717) is 36.8 Å². The van der Waals surface area contributed by atoms with Gasteiger partial charge in [-0.3, -0.25) is 9.59 Å². The number of carbonyl (C=O) groups excluding carboxylic acids is 2. The van der Waals surface area contributed by atoms with Gasteiger partial charge >= 0.3 is 0 Å². The van der Waals surface area contributed by atoms with E-state index in [2.05, 4.69) is 11.4 Å². The summed E-state index contributed by atoms with van der Waals surface area (Å²) in [5, 5.41) is 4.06. The van der Waals surface area contributed by atoms with Gasteiger partial charge in [-0.15, -0.1) is 11.3 Å². The maximum absolute atomic E-state index is 13.9. The number of ether oxygens (including phenoxy) is 2. The van der Waals surface area contributed by atoms with E-state index in [-0.39, 0.29) is 17.7 Å². The molecule has 4 aromatic rings. The van der Waals surface area contributed by atoms with Gasteiger partial charge in [0.25, 0.3) is 5.91 Å². The highest BCUT2D eigenvalue weighted by Crippen LogP contribution is 2.40. The summed E-state index contributed by atoms with van der Waals surface area (Å²) in [7, 11) is 3.27. The molecule has 1 aliphatic heterocycles. The maximum Gasteiger partial charge on any atom is 0.270 e. The molecule has 4 heterocycles. The summed E-state index contributed by atoms with van der Waals surface area (Å²) in [5.41, 5.74) is 2.63. The lowest BCUT2D eigenvalue weighted by molar-refractivity contribution is -0.138. The number of pyridine rings is 1. The standard InChI is InChI=1S/C29H31N3O4S/c1-35-24-16-20-9-12-32-23(17-22(26-8-4-15-37-26)27(32)21(20)18-25(24)36-2)29(34)31-11-5-10-30(13-14-31)28(33)19-6-3-7-19/h4,8-9,12,15-19H,3,5-7,10-11,13-14H2,1-2H3. The van der Waals surface area contributed by atoms with Gasteiger partial charge in [0, 0.05) is 54.1 Å². The Labute approximate surface area is 220 Å². The number of amides is 2. The molecule has 0 radical (unpaired) electrons. The summed E-state index contributed by atoms with van der Waals surface area (Å²) < 4.78 is 13.1. The summed E-state index contributed by atoms with van der Waals surface area (Å²) >= 11 is 1.66. The van der Waals surface area contributed by atoms with Gasteiger partial charge in [0.05, 0.1) is 19.7 Å². The van der Waals surface area contributed by atoms with Gasteiger partial charge in [-0.25, -0.2) is 0 Å². The van der Waals surface area contributed by atoms with E-state index in [1.54, 1.807) is 25.6 Å². The Morgan fingerprint density at radius 1 is 0.919 bits per heavy atom. The summed E-state index contributed by atoms with van der Waals surface area (Å²) in [6, 6.07) is 12.1. The highest BCUT2D eigenvalue weighted by Gasteiger charge is 2.32. The highest BCUT2D eigenvalue weighted by atomic mass is 32.1. The molecule has 192 valence electrons. The van der Waals surface area contributed by atoms with Crippen LogP contribution in [0.25, 0.3) is 26.7 Å². The van der Waals surface area contributed by atoms with Crippen LogP contribution in [0.4, 0.5) is 0 Å². The third-order valence-corrected chi connectivity index (χ3v) is 8.71. The second kappa shape index (κ2) is 9.74. The molecule has 1 saturated heterocycles. The second-order valence-corrected chi connectivity index (χ2v) is 10.8. The van der Waals surface area contributed by atoms with Crippen molar-refractivity contribution in [3.05, 3.63) is 53.7 Å². The van der Waals surface area contributed by atoms with E-state index in [4.69, 9.17) is 9.47 Å². The van der Waals surface area contributed by atoms with E-state index >= 15 is 0 Å². The summed E-state index contributed by atoms with van der Waals surface area (Å²) in [4.78, 5) is 31.7. The summed E-state index contributed by atoms with van der Waals surface area (Å²) in [6.45, 7) is 2.52. The van der Waals surface area contributed by atoms with Crippen LogP contribution in [0.1, 0.15) is 36.2 Å². The maximum atomic E-state index is 13.9. The number of carbonyl (C=O) groups is 2. The largest absolute Gasteiger partial charge is 0.493 e. The molecule has 0 unspecified atom stereocenters. The molecule has 1 aromatic carbocycles. The van der Waals surface area contributed by atoms with Crippen molar-refractivity contribution in [1.29, 1.82) is 0 Å². The Hall–Kier alpha value is -3.52. The molecule has 0 N–H and O–H groups in total. The van der Waals surface area contributed by atoms with Gasteiger partial charge in [-0.05, 0) is 60.4 Å². The molecule has 2 fully saturated rings. The van der Waals surface area contributed by atoms with Crippen LogP contribution in [0.15, 0.2) is 48.0 Å². The number of aromatic nitrogens is 1. The Morgan fingerprint density at radius 2 is 1.68 bits per heavy atom. The second-order valence-electron chi connectivity index (χ2n) is 9.85. The topological polar surface area (TPSA) is 63.5 Å². The smallest absolute Gasteiger partial charge is 0.270 e. The van der Waals surface area contributed by atoms with E-state index in [1.165, 1.54) is 0 Å². The fraction of sp³-hybridized carbons (Fsp3) is 0.379. The van der Waals surface area contributed by atoms with Crippen molar-refractivity contribution in [3.8, 4) is 21.9 Å². The Bertz CT molecular complexity index is 1470. The van der Waals surface area contributed by atoms with Crippen LogP contribution >= 0.6 is 11.3 Å². The molecule has 0 atom stereocenters. The van der Waals surface area contributed by atoms with Gasteiger partial charge in [0.15, 0.2) is 11.5 Å². The summed E-state index contributed by atoms with van der Waals surface area (Å²) in [5.74, 6) is 1.78. The molecule has 7 nitrogen and oxygen atoms in total. The van der Waals surface area contributed by atoms with Gasteiger partial charge in [0.1, 0.15) is 5.69 Å². The molecule has 6 rings (SSSR count). The lowest BCUT2D eigenvalue weighted by atomic mass is 9.84. The van der Waals surface area contributed by atoms with E-state index in [9.17, 15) is 9.59 Å². The van der Waals surface area contributed by atoms with Crippen molar-refractivity contribution in [2.45, 2.75) is 25.7 Å². The van der Waals surface area contributed by atoms with Crippen LogP contribution in [-0.4, -0.2) is 66.4 Å². The first kappa shape index (κ1) is 23.9. The molecular formula is C29H31N3O4S. The molecule has 3 aromatic heterocycles. The quantitative estimate of drug-likeness (QED) is 0.360. The van der Waals surface area contributed by atoms with Crippen molar-refractivity contribution < 1.29 is 19.1 Å². The van der Waals surface area contributed by atoms with Crippen LogP contribution in [0, 0.1) is 5.92 Å². The minimum Gasteiger partial charge on any atom is -0.493 e. The molecule has 2 amide bonds. The van der Waals surface area contributed by atoms with Crippen molar-refractivity contribution in [2.24, 2.45) is 5.92 Å². The number of hydrogen-bond donors (Lipinski definition) is 0. The predicted molar refractivity (Wildman–Crippen MR) is 146 cm³/mol. The van der Waals surface area contributed by atoms with E-state index in [0.717, 1.165) is 59.0 Å². The fourth-order valence-electron chi connectivity index (χ4n) is 5.55. The zero-order valence-electron chi connectivity index (χ0n) is 21.2. The number of nitrogens with zero attached hydrogens (tertiary/aromatic N) is 3. The molecule has 0 spiro atoms. The Morgan fingerprint density at radius 3 is 2.38 bits per heavy atom. The minimum atomic E-state index is -0.00410. The number of hydrogen-bond acceptors (Lipinski definition) is 5. The van der Waals surface area contributed by atoms with E-state index in [1.807, 2.05) is 50.7 Å². The van der Waals surface area contributed by atoms with Crippen LogP contribution in [-0.2, 0) is 4.79 Å². The zero-order chi connectivity index (χ0) is 25.5. The molecule has 2 aliphatic rings. The molecule has 1 saturated carbocycles. The van der Waals surface area contributed by atoms with Crippen molar-refractivity contribution in [2.75, 3.05) is 40.4 Å². The van der Waals surface area contributed by atoms with Crippen LogP contribution in [0.2, 0.25) is 0 Å². The molecule has 37 heavy (non-hydrogen) atoms. The first-order valence-corrected chi connectivity index (χ1v) is 13.8. The first-order chi connectivity index (χ1) is 18.1. The number of thiophene rings is 1. The van der Waals surface area contributed by atoms with Crippen molar-refractivity contribution in [1.82, 2.24) is 14.2 Å². The Kier molecular flexibility index (Phi) is 6.28. The highest BCUT2D eigenvalue weighted by molar-refractivity contribution is 7.13. The fourth-order valence-corrected chi connectivity index (χ4v) is 6.29. The van der Waals surface area contributed by atoms with Crippen LogP contribution in [0.3, 0.4) is 0 Å². The number of methoxy groups -OCH3 is 2. The van der Waals surface area contributed by atoms with Crippen LogP contribution in [0.5, 0.6) is 11.5 Å². The number of fused-ring (bicyclic) bond motifs is 3. The molecule has 8 heteroatoms. The Balaban J connectivity index is 1.40. The minimum absolute atomic E-state index is 0.00410. The van der Waals surface area contributed by atoms with Gasteiger partial charge in [-0.2, -0.15) is 0 Å². The zero-order valence-corrected chi connectivity index (χ0v) is 22.1. The average Bonchev–Trinajstić information content (AvgIpc) is 3.48. The lowest BCUT2D eigenvalue weighted by Crippen LogP contribution is -2.41. The van der Waals surface area contributed by atoms with E-state index < -0.39 is 0 Å². The van der Waals surface area contributed by atoms with Crippen LogP contribution < -0.4 is 9.47 Å². The van der Waals surface area contributed by atoms with Gasteiger partial charge in [-0.1, -0.05) is 12.5 Å². The SMILES string of the molecule is COc1cc2ccn3c(C(=O)N4CCCN(C(=O)C5CCC5)CC4)cc(-c4cccs4)c3c2cc1OC. The molecule has 0 bridgehead atoms. The van der Waals surface area contributed by atoms with Crippen molar-refractivity contribution in [3.63, 3.8) is 0 Å². The number of rotatable bonds is 5. The lowest BCUT2D eigenvalue weighted by Gasteiger charge is -2.31. The van der Waals surface area contributed by atoms with Crippen molar-refractivity contribution >= 4 is 39.4 Å². The summed E-state index contributed by atoms with van der Waals surface area (Å²) in [6.07, 6.45) is 5.92. The number of benzene rings is 1. The predicted octanol–water partition coefficient (Wildman–Crippen LogP) is 5.31. The third kappa shape index (κ3) is 4.13. The third-order valence-electron chi connectivity index (χ3n) is 7.81. The molecule has 1 aliphatic carbocycles. The normalized spacial score (nSPS) is 16.6. The monoisotopic (exact) mass is 517 g/mol. The molecular weight excluding hydrogens is 486 g/mol. The van der Waals surface area contributed by atoms with Gasteiger partial charge in [0.2, 0.25) is 5.91 Å². The first-order valence-electron chi connectivity index (χ1n) is 12.9. The average molecular weight is 518 g/mol.